The van der Waals surface area contributed by atoms with Crippen molar-refractivity contribution in [2.24, 2.45) is 0 Å². The van der Waals surface area contributed by atoms with E-state index in [2.05, 4.69) is 35.7 Å². The molecule has 0 bridgehead atoms. The normalized spacial score (nSPS) is 14.9. The zero-order valence-electron chi connectivity index (χ0n) is 15.6. The second kappa shape index (κ2) is 8.52. The van der Waals surface area contributed by atoms with Crippen molar-refractivity contribution in [3.05, 3.63) is 59.1 Å². The predicted octanol–water partition coefficient (Wildman–Crippen LogP) is 4.01. The third-order valence-electron chi connectivity index (χ3n) is 4.92. The third-order valence-corrected chi connectivity index (χ3v) is 5.57. The molecule has 150 valence electrons. The average Bonchev–Trinajstić information content (AvgIpc) is 3.17. The molecule has 0 atom stereocenters. The van der Waals surface area contributed by atoms with Crippen LogP contribution in [0.15, 0.2) is 47.1 Å². The van der Waals surface area contributed by atoms with Crippen molar-refractivity contribution in [3.8, 4) is 11.3 Å². The molecule has 0 radical (unpaired) electrons. The van der Waals surface area contributed by atoms with Gasteiger partial charge in [0.2, 0.25) is 0 Å². The lowest BCUT2D eigenvalue weighted by molar-refractivity contribution is 0.231. The molecular formula is C20H20BrClN6O. The molecule has 3 aromatic rings. The Morgan fingerprint density at radius 1 is 1.10 bits per heavy atom. The van der Waals surface area contributed by atoms with Crippen molar-refractivity contribution in [1.82, 2.24) is 14.9 Å². The summed E-state index contributed by atoms with van der Waals surface area (Å²) in [5.74, 6) is 2.77. The lowest BCUT2D eigenvalue weighted by Gasteiger charge is -2.35. The molecule has 1 aliphatic rings. The zero-order chi connectivity index (χ0) is 20.4. The summed E-state index contributed by atoms with van der Waals surface area (Å²) < 4.78 is 6.21. The molecule has 3 heterocycles. The first-order valence-electron chi connectivity index (χ1n) is 9.18. The van der Waals surface area contributed by atoms with Gasteiger partial charge >= 0.3 is 0 Å². The second-order valence-electron chi connectivity index (χ2n) is 6.81. The highest BCUT2D eigenvalue weighted by Crippen LogP contribution is 2.27. The van der Waals surface area contributed by atoms with Crippen LogP contribution in [0.4, 0.5) is 11.6 Å². The Bertz CT molecular complexity index is 1010. The maximum atomic E-state index is 7.91. The largest absolute Gasteiger partial charge is 0.460 e. The molecule has 1 aromatic carbocycles. The van der Waals surface area contributed by atoms with Crippen LogP contribution in [0.3, 0.4) is 0 Å². The third kappa shape index (κ3) is 4.44. The van der Waals surface area contributed by atoms with Gasteiger partial charge in [-0.3, -0.25) is 10.3 Å². The molecule has 0 aliphatic carbocycles. The molecule has 9 heteroatoms. The molecule has 4 rings (SSSR count). The summed E-state index contributed by atoms with van der Waals surface area (Å²) in [6.07, 6.45) is 1.44. The van der Waals surface area contributed by atoms with Gasteiger partial charge in [-0.1, -0.05) is 11.6 Å². The van der Waals surface area contributed by atoms with Crippen LogP contribution in [0, 0.1) is 5.41 Å². The summed E-state index contributed by atoms with van der Waals surface area (Å²) in [5, 5.41) is 8.62. The molecular weight excluding hydrogens is 456 g/mol. The van der Waals surface area contributed by atoms with E-state index in [0.717, 1.165) is 49.8 Å². The second-order valence-corrected chi connectivity index (χ2v) is 8.04. The minimum Gasteiger partial charge on any atom is -0.460 e. The van der Waals surface area contributed by atoms with E-state index < -0.39 is 0 Å². The van der Waals surface area contributed by atoms with Crippen LogP contribution in [0.5, 0.6) is 0 Å². The molecule has 0 unspecified atom stereocenters. The summed E-state index contributed by atoms with van der Waals surface area (Å²) in [6, 6.07) is 11.6. The monoisotopic (exact) mass is 474 g/mol. The molecule has 0 amide bonds. The van der Waals surface area contributed by atoms with E-state index in [0.29, 0.717) is 22.2 Å². The molecule has 7 nitrogen and oxygen atoms in total. The van der Waals surface area contributed by atoms with E-state index in [9.17, 15) is 0 Å². The predicted molar refractivity (Wildman–Crippen MR) is 119 cm³/mol. The Hall–Kier alpha value is -2.42. The van der Waals surface area contributed by atoms with Crippen molar-refractivity contribution in [2.75, 3.05) is 36.8 Å². The number of furan rings is 1. The number of benzene rings is 1. The fraction of sp³-hybridized carbons (Fsp3) is 0.250. The summed E-state index contributed by atoms with van der Waals surface area (Å²) in [4.78, 5) is 12.8. The van der Waals surface area contributed by atoms with E-state index in [4.69, 9.17) is 27.2 Å². The molecule has 1 saturated heterocycles. The first-order valence-corrected chi connectivity index (χ1v) is 10.3. The molecule has 1 fully saturated rings. The van der Waals surface area contributed by atoms with Crippen LogP contribution in [0.2, 0.25) is 5.02 Å². The van der Waals surface area contributed by atoms with E-state index >= 15 is 0 Å². The van der Waals surface area contributed by atoms with Gasteiger partial charge in [-0.05, 0) is 52.3 Å². The maximum Gasteiger partial charge on any atom is 0.144 e. The fourth-order valence-electron chi connectivity index (χ4n) is 3.41. The van der Waals surface area contributed by atoms with Gasteiger partial charge in [0.25, 0.3) is 0 Å². The van der Waals surface area contributed by atoms with Gasteiger partial charge in [0, 0.05) is 36.8 Å². The number of nitrogens with two attached hydrogens (primary N) is 1. The minimum absolute atomic E-state index is 0.193. The van der Waals surface area contributed by atoms with Crippen LogP contribution >= 0.6 is 27.5 Å². The molecule has 3 N–H and O–H groups in total. The van der Waals surface area contributed by atoms with Crippen LogP contribution in [-0.2, 0) is 6.54 Å². The molecule has 0 spiro atoms. The topological polar surface area (TPSA) is 95.3 Å². The molecule has 0 saturated carbocycles. The van der Waals surface area contributed by atoms with E-state index in [1.807, 2.05) is 36.4 Å². The number of nitrogens with one attached hydrogen (secondary N) is 1. The fourth-order valence-corrected chi connectivity index (χ4v) is 3.92. The van der Waals surface area contributed by atoms with Crippen LogP contribution in [0.1, 0.15) is 11.3 Å². The van der Waals surface area contributed by atoms with Crippen LogP contribution < -0.4 is 10.6 Å². The van der Waals surface area contributed by atoms with Gasteiger partial charge < -0.3 is 15.1 Å². The highest BCUT2D eigenvalue weighted by atomic mass is 79.9. The van der Waals surface area contributed by atoms with Crippen LogP contribution in [0.25, 0.3) is 11.3 Å². The van der Waals surface area contributed by atoms with Crippen molar-refractivity contribution >= 4 is 43.8 Å². The van der Waals surface area contributed by atoms with Gasteiger partial charge in [-0.25, -0.2) is 9.97 Å². The lowest BCUT2D eigenvalue weighted by atomic mass is 10.2. The summed E-state index contributed by atoms with van der Waals surface area (Å²) in [6.45, 7) is 4.03. The quantitative estimate of drug-likeness (QED) is 0.541. The molecule has 1 aliphatic heterocycles. The SMILES string of the molecule is N=C(Br)c1c(N)ncnc1N1CCN(Cc2ccc(-c3ccc(Cl)cc3)o2)CC1. The number of nitrogens with zero attached hydrogens (tertiary/aromatic N) is 4. The highest BCUT2D eigenvalue weighted by Gasteiger charge is 2.23. The number of nitrogen functional groups attached to an aromatic ring is 1. The van der Waals surface area contributed by atoms with Gasteiger partial charge in [0.1, 0.15) is 34.1 Å². The Balaban J connectivity index is 1.39. The van der Waals surface area contributed by atoms with Crippen molar-refractivity contribution in [2.45, 2.75) is 6.54 Å². The number of piperazine rings is 1. The van der Waals surface area contributed by atoms with Gasteiger partial charge in [0.05, 0.1) is 12.1 Å². The Morgan fingerprint density at radius 3 is 2.52 bits per heavy atom. The summed E-state index contributed by atoms with van der Waals surface area (Å²) in [7, 11) is 0. The Labute approximate surface area is 182 Å². The highest BCUT2D eigenvalue weighted by molar-refractivity contribution is 9.18. The van der Waals surface area contributed by atoms with Crippen molar-refractivity contribution < 1.29 is 4.42 Å². The number of halogens is 2. The average molecular weight is 476 g/mol. The lowest BCUT2D eigenvalue weighted by Crippen LogP contribution is -2.46. The number of hydrogen-bond donors (Lipinski definition) is 2. The number of aromatic nitrogens is 2. The maximum absolute atomic E-state index is 7.91. The van der Waals surface area contributed by atoms with Crippen LogP contribution in [-0.4, -0.2) is 45.7 Å². The molecule has 2 aromatic heterocycles. The van der Waals surface area contributed by atoms with E-state index in [-0.39, 0.29) is 4.62 Å². The van der Waals surface area contributed by atoms with Gasteiger partial charge in [-0.15, -0.1) is 0 Å². The number of anilines is 2. The van der Waals surface area contributed by atoms with Crippen molar-refractivity contribution in [3.63, 3.8) is 0 Å². The molecule has 29 heavy (non-hydrogen) atoms. The van der Waals surface area contributed by atoms with Gasteiger partial charge in [0.15, 0.2) is 0 Å². The van der Waals surface area contributed by atoms with E-state index in [1.165, 1.54) is 6.33 Å². The zero-order valence-corrected chi connectivity index (χ0v) is 17.9. The number of hydrogen-bond acceptors (Lipinski definition) is 7. The summed E-state index contributed by atoms with van der Waals surface area (Å²) >= 11 is 9.15. The Kier molecular flexibility index (Phi) is 5.84. The first-order chi connectivity index (χ1) is 14.0. The smallest absolute Gasteiger partial charge is 0.144 e. The standard InChI is InChI=1S/C20H20BrClN6O/c21-18(23)17-19(24)25-12-26-20(17)28-9-7-27(8-10-28)11-15-5-6-16(29-15)13-1-3-14(22)4-2-13/h1-6,12,23H,7-11H2,(H2,24,25,26). The first kappa shape index (κ1) is 19.9. The van der Waals surface area contributed by atoms with Crippen molar-refractivity contribution in [1.29, 1.82) is 5.41 Å². The van der Waals surface area contributed by atoms with E-state index in [1.54, 1.807) is 0 Å². The number of rotatable bonds is 5. The minimum atomic E-state index is 0.193. The van der Waals surface area contributed by atoms with Gasteiger partial charge in [-0.2, -0.15) is 0 Å². The summed E-state index contributed by atoms with van der Waals surface area (Å²) in [5.41, 5.74) is 7.49. The Morgan fingerprint density at radius 2 is 1.83 bits per heavy atom.